The molecule has 2 aromatic carbocycles. The Bertz CT molecular complexity index is 1580. The molecule has 4 rings (SSSR count). The van der Waals surface area contributed by atoms with E-state index >= 15 is 0 Å². The SMILES string of the molecule is CCCCN(C(=O)Nc1cc(CC(N)=O)c(F)cc1F)C1CCN(Cc2ccc(Oc3ccc(CS(C)(=O)=O)cc3)nc2)CC1. The van der Waals surface area contributed by atoms with Crippen LogP contribution in [0.3, 0.4) is 0 Å². The van der Waals surface area contributed by atoms with Crippen LogP contribution in [-0.4, -0.2) is 67.1 Å². The number of ether oxygens (including phenoxy) is 1. The van der Waals surface area contributed by atoms with E-state index in [1.165, 1.54) is 6.26 Å². The van der Waals surface area contributed by atoms with Gasteiger partial charge in [-0.05, 0) is 54.2 Å². The van der Waals surface area contributed by atoms with Crippen molar-refractivity contribution in [3.63, 3.8) is 0 Å². The zero-order valence-electron chi connectivity index (χ0n) is 25.5. The number of nitrogens with two attached hydrogens (primary N) is 1. The number of nitrogens with zero attached hydrogens (tertiary/aromatic N) is 3. The Morgan fingerprint density at radius 2 is 1.76 bits per heavy atom. The highest BCUT2D eigenvalue weighted by molar-refractivity contribution is 7.89. The average Bonchev–Trinajstić information content (AvgIpc) is 2.97. The van der Waals surface area contributed by atoms with Crippen LogP contribution in [0.4, 0.5) is 19.3 Å². The Hall–Kier alpha value is -4.10. The number of nitrogens with one attached hydrogen (secondary N) is 1. The number of pyridine rings is 1. The van der Waals surface area contributed by atoms with E-state index < -0.39 is 39.8 Å². The molecule has 13 heteroatoms. The Kier molecular flexibility index (Phi) is 11.5. The van der Waals surface area contributed by atoms with Crippen LogP contribution in [0, 0.1) is 11.6 Å². The third-order valence-corrected chi connectivity index (χ3v) is 8.39. The molecule has 10 nitrogen and oxygen atoms in total. The number of piperidine rings is 1. The van der Waals surface area contributed by atoms with Gasteiger partial charge in [0.25, 0.3) is 0 Å². The lowest BCUT2D eigenvalue weighted by Crippen LogP contribution is -2.49. The van der Waals surface area contributed by atoms with E-state index in [-0.39, 0.29) is 23.0 Å². The topological polar surface area (TPSA) is 135 Å². The van der Waals surface area contributed by atoms with Crippen LogP contribution in [0.5, 0.6) is 11.6 Å². The minimum absolute atomic E-state index is 0.0299. The van der Waals surface area contributed by atoms with Crippen molar-refractivity contribution in [3.8, 4) is 11.6 Å². The summed E-state index contributed by atoms with van der Waals surface area (Å²) < 4.78 is 57.4. The number of hydrogen-bond donors (Lipinski definition) is 2. The fourth-order valence-electron chi connectivity index (χ4n) is 5.27. The Morgan fingerprint density at radius 1 is 1.07 bits per heavy atom. The fraction of sp³-hybridized carbons (Fsp3) is 0.406. The molecule has 2 heterocycles. The lowest BCUT2D eigenvalue weighted by Gasteiger charge is -2.38. The normalized spacial score (nSPS) is 14.2. The van der Waals surface area contributed by atoms with Crippen LogP contribution in [-0.2, 0) is 33.4 Å². The summed E-state index contributed by atoms with van der Waals surface area (Å²) in [4.78, 5) is 33.0. The van der Waals surface area contributed by atoms with Gasteiger partial charge in [0.2, 0.25) is 11.8 Å². The number of carbonyl (C=O) groups is 2. The summed E-state index contributed by atoms with van der Waals surface area (Å²) in [5.41, 5.74) is 6.59. The molecule has 0 radical (unpaired) electrons. The number of hydrogen-bond acceptors (Lipinski definition) is 7. The second-order valence-corrected chi connectivity index (χ2v) is 13.5. The second-order valence-electron chi connectivity index (χ2n) is 11.4. The number of urea groups is 1. The summed E-state index contributed by atoms with van der Waals surface area (Å²) >= 11 is 0. The van der Waals surface area contributed by atoms with Crippen molar-refractivity contribution in [1.82, 2.24) is 14.8 Å². The Labute approximate surface area is 262 Å². The van der Waals surface area contributed by atoms with Crippen LogP contribution in [0.2, 0.25) is 0 Å². The maximum atomic E-state index is 14.5. The largest absolute Gasteiger partial charge is 0.439 e. The molecule has 3 amide bonds. The number of likely N-dealkylation sites (tertiary alicyclic amines) is 1. The highest BCUT2D eigenvalue weighted by Gasteiger charge is 2.28. The molecule has 1 fully saturated rings. The zero-order chi connectivity index (χ0) is 32.6. The van der Waals surface area contributed by atoms with Crippen LogP contribution in [0.1, 0.15) is 49.3 Å². The Balaban J connectivity index is 1.31. The molecule has 1 saturated heterocycles. The van der Waals surface area contributed by atoms with Crippen molar-refractivity contribution in [2.45, 2.75) is 57.4 Å². The molecule has 45 heavy (non-hydrogen) atoms. The van der Waals surface area contributed by atoms with Crippen molar-refractivity contribution in [1.29, 1.82) is 0 Å². The molecule has 0 saturated carbocycles. The molecule has 0 atom stereocenters. The fourth-order valence-corrected chi connectivity index (χ4v) is 6.07. The van der Waals surface area contributed by atoms with E-state index in [1.54, 1.807) is 41.4 Å². The van der Waals surface area contributed by atoms with Gasteiger partial charge in [0.05, 0.1) is 17.9 Å². The Morgan fingerprint density at radius 3 is 2.36 bits per heavy atom. The second kappa shape index (κ2) is 15.3. The van der Waals surface area contributed by atoms with Crippen LogP contribution in [0.15, 0.2) is 54.7 Å². The van der Waals surface area contributed by atoms with Gasteiger partial charge in [-0.25, -0.2) is 27.0 Å². The summed E-state index contributed by atoms with van der Waals surface area (Å²) in [5, 5.41) is 2.58. The predicted molar refractivity (Wildman–Crippen MR) is 167 cm³/mol. The lowest BCUT2D eigenvalue weighted by atomic mass is 10.0. The van der Waals surface area contributed by atoms with Crippen molar-refractivity contribution in [3.05, 3.63) is 83.1 Å². The molecule has 3 aromatic rings. The predicted octanol–water partition coefficient (Wildman–Crippen LogP) is 5.02. The molecule has 3 N–H and O–H groups in total. The van der Waals surface area contributed by atoms with Gasteiger partial charge in [-0.1, -0.05) is 31.5 Å². The van der Waals surface area contributed by atoms with Crippen LogP contribution in [0.25, 0.3) is 0 Å². The molecular weight excluding hydrogens is 604 g/mol. The number of sulfone groups is 1. The van der Waals surface area contributed by atoms with Gasteiger partial charge >= 0.3 is 6.03 Å². The molecule has 0 aliphatic carbocycles. The van der Waals surface area contributed by atoms with Gasteiger partial charge in [-0.15, -0.1) is 0 Å². The number of amides is 3. The maximum absolute atomic E-state index is 14.5. The van der Waals surface area contributed by atoms with Gasteiger partial charge in [-0.2, -0.15) is 0 Å². The summed E-state index contributed by atoms with van der Waals surface area (Å²) in [6.07, 6.45) is 5.64. The highest BCUT2D eigenvalue weighted by Crippen LogP contribution is 2.25. The van der Waals surface area contributed by atoms with E-state index in [2.05, 4.69) is 15.2 Å². The monoisotopic (exact) mass is 643 g/mol. The van der Waals surface area contributed by atoms with Gasteiger partial charge in [0.15, 0.2) is 9.84 Å². The molecule has 0 unspecified atom stereocenters. The zero-order valence-corrected chi connectivity index (χ0v) is 26.3. The van der Waals surface area contributed by atoms with E-state index in [4.69, 9.17) is 10.5 Å². The number of halogens is 2. The van der Waals surface area contributed by atoms with Gasteiger partial charge < -0.3 is 20.7 Å². The first-order valence-corrected chi connectivity index (χ1v) is 16.9. The van der Waals surface area contributed by atoms with Crippen LogP contribution >= 0.6 is 0 Å². The first-order valence-electron chi connectivity index (χ1n) is 14.9. The summed E-state index contributed by atoms with van der Waals surface area (Å²) in [5.74, 6) is -1.63. The van der Waals surface area contributed by atoms with E-state index in [0.717, 1.165) is 50.4 Å². The molecule has 0 bridgehead atoms. The smallest absolute Gasteiger partial charge is 0.322 e. The molecule has 1 aromatic heterocycles. The number of benzene rings is 2. The summed E-state index contributed by atoms with van der Waals surface area (Å²) in [6, 6.07) is 11.8. The van der Waals surface area contributed by atoms with Gasteiger partial charge in [0.1, 0.15) is 17.4 Å². The van der Waals surface area contributed by atoms with Crippen molar-refractivity contribution in [2.75, 3.05) is 31.2 Å². The number of carbonyl (C=O) groups excluding carboxylic acids is 2. The molecular formula is C32H39F2N5O5S. The first-order chi connectivity index (χ1) is 21.4. The third-order valence-electron chi connectivity index (χ3n) is 7.53. The van der Waals surface area contributed by atoms with Crippen molar-refractivity contribution in [2.24, 2.45) is 5.73 Å². The van der Waals surface area contributed by atoms with Gasteiger partial charge in [0, 0.05) is 56.8 Å². The number of rotatable bonds is 13. The minimum Gasteiger partial charge on any atom is -0.439 e. The quantitative estimate of drug-likeness (QED) is 0.267. The molecule has 1 aliphatic heterocycles. The molecule has 242 valence electrons. The van der Waals surface area contributed by atoms with Crippen LogP contribution < -0.4 is 15.8 Å². The lowest BCUT2D eigenvalue weighted by molar-refractivity contribution is -0.117. The average molecular weight is 644 g/mol. The first kappa shape index (κ1) is 33.8. The van der Waals surface area contributed by atoms with Gasteiger partial charge in [-0.3, -0.25) is 9.69 Å². The van der Waals surface area contributed by atoms with Crippen molar-refractivity contribution < 1.29 is 31.5 Å². The summed E-state index contributed by atoms with van der Waals surface area (Å²) in [6.45, 7) is 4.68. The summed E-state index contributed by atoms with van der Waals surface area (Å²) in [7, 11) is -3.11. The molecule has 0 spiro atoms. The van der Waals surface area contributed by atoms with E-state index in [0.29, 0.717) is 36.3 Å². The number of primary amides is 1. The minimum atomic E-state index is -3.11. The molecule has 1 aliphatic rings. The standard InChI is InChI=1S/C32H39F2N5O5S/c1-3-4-13-39(32(41)37-29-16-24(17-30(35)40)27(33)18-28(29)34)25-11-14-38(15-12-25)20-23-7-10-31(36-19-23)44-26-8-5-22(6-9-26)21-45(2,42)43/h5-10,16,18-19,25H,3-4,11-15,17,20-21H2,1-2H3,(H2,35,40)(H,37,41). The number of unbranched alkanes of at least 4 members (excludes halogenated alkanes) is 1. The maximum Gasteiger partial charge on any atom is 0.322 e. The van der Waals surface area contributed by atoms with E-state index in [9.17, 15) is 26.8 Å². The third kappa shape index (κ3) is 10.2. The number of aromatic nitrogens is 1. The van der Waals surface area contributed by atoms with E-state index in [1.807, 2.05) is 13.0 Å². The highest BCUT2D eigenvalue weighted by atomic mass is 32.2. The van der Waals surface area contributed by atoms with Crippen molar-refractivity contribution >= 4 is 27.5 Å². The number of anilines is 1.